The zero-order chi connectivity index (χ0) is 20.6. The first-order valence-corrected chi connectivity index (χ1v) is 10.3. The van der Waals surface area contributed by atoms with Gasteiger partial charge in [-0.25, -0.2) is 0 Å². The van der Waals surface area contributed by atoms with Gasteiger partial charge < -0.3 is 20.6 Å². The molecule has 2 fully saturated rings. The molecular weight excluding hydrogens is 372 g/mol. The lowest BCUT2D eigenvalue weighted by molar-refractivity contribution is -0.136. The lowest BCUT2D eigenvalue weighted by Crippen LogP contribution is -2.54. The normalized spacial score (nSPS) is 25.0. The van der Waals surface area contributed by atoms with Gasteiger partial charge in [0.2, 0.25) is 11.8 Å². The monoisotopic (exact) mass is 400 g/mol. The quantitative estimate of drug-likeness (QED) is 0.520. The molecule has 4 N–H and O–H groups in total. The van der Waals surface area contributed by atoms with E-state index in [1.54, 1.807) is 4.90 Å². The van der Waals surface area contributed by atoms with E-state index in [0.717, 1.165) is 24.2 Å². The van der Waals surface area contributed by atoms with Gasteiger partial charge in [0.05, 0.1) is 5.60 Å². The van der Waals surface area contributed by atoms with Crippen molar-refractivity contribution in [1.29, 1.82) is 0 Å². The lowest BCUT2D eigenvalue weighted by atomic mass is 9.85. The van der Waals surface area contributed by atoms with Crippen molar-refractivity contribution >= 4 is 17.7 Å². The molecule has 156 valence electrons. The Morgan fingerprint density at radius 1 is 1.28 bits per heavy atom. The third-order valence-corrected chi connectivity index (χ3v) is 6.48. The summed E-state index contributed by atoms with van der Waals surface area (Å²) in [5.41, 5.74) is 1.75. The van der Waals surface area contributed by atoms with Crippen LogP contribution in [0.15, 0.2) is 18.2 Å². The molecule has 8 nitrogen and oxygen atoms in total. The summed E-state index contributed by atoms with van der Waals surface area (Å²) in [6, 6.07) is 5.12. The van der Waals surface area contributed by atoms with Crippen molar-refractivity contribution in [3.63, 3.8) is 0 Å². The Balaban J connectivity index is 1.41. The van der Waals surface area contributed by atoms with Gasteiger partial charge >= 0.3 is 0 Å². The van der Waals surface area contributed by atoms with Crippen LogP contribution < -0.4 is 16.0 Å². The molecule has 2 atom stereocenters. The van der Waals surface area contributed by atoms with Crippen molar-refractivity contribution < 1.29 is 19.5 Å². The first-order chi connectivity index (χ1) is 13.9. The molecule has 0 radical (unpaired) electrons. The Labute approximate surface area is 170 Å². The fraction of sp³-hybridized carbons (Fsp3) is 0.571. The highest BCUT2D eigenvalue weighted by atomic mass is 16.3. The number of hydrogen-bond acceptors (Lipinski definition) is 6. The number of piperidine rings is 2. The molecule has 0 saturated carbocycles. The molecule has 3 heterocycles. The summed E-state index contributed by atoms with van der Waals surface area (Å²) in [7, 11) is 0. The van der Waals surface area contributed by atoms with Crippen LogP contribution in [-0.2, 0) is 22.7 Å². The van der Waals surface area contributed by atoms with Crippen LogP contribution in [0.3, 0.4) is 0 Å². The van der Waals surface area contributed by atoms with Crippen molar-refractivity contribution in [2.75, 3.05) is 13.1 Å². The molecule has 29 heavy (non-hydrogen) atoms. The fourth-order valence-corrected chi connectivity index (χ4v) is 4.47. The number of aliphatic hydroxyl groups is 1. The lowest BCUT2D eigenvalue weighted by Gasteiger charge is -2.38. The first-order valence-electron chi connectivity index (χ1n) is 10.3. The van der Waals surface area contributed by atoms with E-state index in [1.165, 1.54) is 0 Å². The van der Waals surface area contributed by atoms with E-state index in [4.69, 9.17) is 0 Å². The molecule has 2 unspecified atom stereocenters. The molecule has 3 aliphatic rings. The highest BCUT2D eigenvalue weighted by molar-refractivity contribution is 6.05. The SMILES string of the molecule is CC(NCc1ccc2c(c1)C(=O)N(C1CCC(=O)NC1=O)C2)C1(O)CCNCC1. The first kappa shape index (κ1) is 20.0. The number of rotatable bonds is 5. The van der Waals surface area contributed by atoms with E-state index in [1.807, 2.05) is 25.1 Å². The van der Waals surface area contributed by atoms with Crippen molar-refractivity contribution in [3.05, 3.63) is 34.9 Å². The number of benzene rings is 1. The topological polar surface area (TPSA) is 111 Å². The fourth-order valence-electron chi connectivity index (χ4n) is 4.47. The van der Waals surface area contributed by atoms with E-state index in [-0.39, 0.29) is 24.3 Å². The molecule has 0 aromatic heterocycles. The van der Waals surface area contributed by atoms with E-state index >= 15 is 0 Å². The van der Waals surface area contributed by atoms with E-state index in [0.29, 0.717) is 37.9 Å². The number of nitrogens with one attached hydrogen (secondary N) is 3. The Kier molecular flexibility index (Phi) is 5.42. The second-order valence-electron chi connectivity index (χ2n) is 8.35. The Morgan fingerprint density at radius 3 is 2.76 bits per heavy atom. The van der Waals surface area contributed by atoms with Crippen LogP contribution in [0.5, 0.6) is 0 Å². The van der Waals surface area contributed by atoms with Crippen molar-refractivity contribution in [2.24, 2.45) is 0 Å². The Bertz CT molecular complexity index is 834. The number of fused-ring (bicyclic) bond motifs is 1. The van der Waals surface area contributed by atoms with Gasteiger partial charge in [0.15, 0.2) is 0 Å². The predicted octanol–water partition coefficient (Wildman–Crippen LogP) is 0.0402. The summed E-state index contributed by atoms with van der Waals surface area (Å²) in [5, 5.41) is 19.8. The van der Waals surface area contributed by atoms with Crippen LogP contribution >= 0.6 is 0 Å². The third-order valence-electron chi connectivity index (χ3n) is 6.48. The van der Waals surface area contributed by atoms with Crippen molar-refractivity contribution in [3.8, 4) is 0 Å². The van der Waals surface area contributed by atoms with Gasteiger partial charge in [0.25, 0.3) is 5.91 Å². The smallest absolute Gasteiger partial charge is 0.255 e. The summed E-state index contributed by atoms with van der Waals surface area (Å²) in [4.78, 5) is 38.0. The second-order valence-corrected chi connectivity index (χ2v) is 8.35. The number of amides is 3. The van der Waals surface area contributed by atoms with E-state index in [2.05, 4.69) is 16.0 Å². The van der Waals surface area contributed by atoms with Crippen LogP contribution in [0.1, 0.15) is 54.1 Å². The molecular formula is C21H28N4O4. The van der Waals surface area contributed by atoms with E-state index < -0.39 is 17.6 Å². The zero-order valence-corrected chi connectivity index (χ0v) is 16.7. The second kappa shape index (κ2) is 7.85. The average Bonchev–Trinajstić information content (AvgIpc) is 3.02. The summed E-state index contributed by atoms with van der Waals surface area (Å²) in [6.45, 7) is 4.56. The van der Waals surface area contributed by atoms with Gasteiger partial charge in [-0.3, -0.25) is 19.7 Å². The van der Waals surface area contributed by atoms with Gasteiger partial charge in [0, 0.05) is 31.1 Å². The van der Waals surface area contributed by atoms with Crippen molar-refractivity contribution in [2.45, 2.75) is 63.4 Å². The molecule has 4 rings (SSSR count). The number of carbonyl (C=O) groups is 3. The highest BCUT2D eigenvalue weighted by Crippen LogP contribution is 2.28. The molecule has 1 aromatic carbocycles. The minimum atomic E-state index is -0.722. The maximum atomic E-state index is 12.9. The molecule has 8 heteroatoms. The number of hydrogen-bond donors (Lipinski definition) is 4. The Morgan fingerprint density at radius 2 is 2.03 bits per heavy atom. The minimum Gasteiger partial charge on any atom is -0.388 e. The minimum absolute atomic E-state index is 0.0615. The predicted molar refractivity (Wildman–Crippen MR) is 106 cm³/mol. The average molecular weight is 400 g/mol. The van der Waals surface area contributed by atoms with Gasteiger partial charge in [-0.05, 0) is 56.5 Å². The maximum Gasteiger partial charge on any atom is 0.255 e. The maximum absolute atomic E-state index is 12.9. The molecule has 0 spiro atoms. The van der Waals surface area contributed by atoms with Gasteiger partial charge in [-0.2, -0.15) is 0 Å². The van der Waals surface area contributed by atoms with Crippen LogP contribution in [0.2, 0.25) is 0 Å². The summed E-state index contributed by atoms with van der Waals surface area (Å²) < 4.78 is 0. The number of carbonyl (C=O) groups excluding carboxylic acids is 3. The number of imide groups is 1. The van der Waals surface area contributed by atoms with Crippen molar-refractivity contribution in [1.82, 2.24) is 20.9 Å². The largest absolute Gasteiger partial charge is 0.388 e. The Hall–Kier alpha value is -2.29. The molecule has 2 saturated heterocycles. The zero-order valence-electron chi connectivity index (χ0n) is 16.7. The summed E-state index contributed by atoms with van der Waals surface area (Å²) >= 11 is 0. The summed E-state index contributed by atoms with van der Waals surface area (Å²) in [5.74, 6) is -0.844. The highest BCUT2D eigenvalue weighted by Gasteiger charge is 2.39. The van der Waals surface area contributed by atoms with Gasteiger partial charge in [-0.15, -0.1) is 0 Å². The van der Waals surface area contributed by atoms with Crippen LogP contribution in [-0.4, -0.2) is 58.5 Å². The van der Waals surface area contributed by atoms with E-state index in [9.17, 15) is 19.5 Å². The third kappa shape index (κ3) is 3.92. The molecule has 3 aliphatic heterocycles. The molecule has 1 aromatic rings. The van der Waals surface area contributed by atoms with Crippen LogP contribution in [0.4, 0.5) is 0 Å². The molecule has 0 bridgehead atoms. The van der Waals surface area contributed by atoms with Crippen LogP contribution in [0.25, 0.3) is 0 Å². The molecule has 3 amide bonds. The standard InChI is InChI=1S/C21H28N4O4/c1-13(21(29)6-8-22-9-7-21)23-11-14-2-3-15-12-25(20(28)16(15)10-14)17-4-5-18(26)24-19(17)27/h2-3,10,13,17,22-23,29H,4-9,11-12H2,1H3,(H,24,26,27). The summed E-state index contributed by atoms with van der Waals surface area (Å²) in [6.07, 6.45) is 2.04. The van der Waals surface area contributed by atoms with Crippen LogP contribution in [0, 0.1) is 0 Å². The van der Waals surface area contributed by atoms with Gasteiger partial charge in [0.1, 0.15) is 6.04 Å². The number of nitrogens with zero attached hydrogens (tertiary/aromatic N) is 1. The molecule has 0 aliphatic carbocycles. The van der Waals surface area contributed by atoms with Gasteiger partial charge in [-0.1, -0.05) is 12.1 Å².